The third-order valence-corrected chi connectivity index (χ3v) is 2.78. The van der Waals surface area contributed by atoms with Gasteiger partial charge in [0, 0.05) is 6.04 Å². The van der Waals surface area contributed by atoms with E-state index in [1.165, 1.54) is 0 Å². The zero-order valence-corrected chi connectivity index (χ0v) is 10.5. The largest absolute Gasteiger partial charge is 0.352 e. The molecule has 0 rings (SSSR count). The van der Waals surface area contributed by atoms with Gasteiger partial charge in [-0.15, -0.1) is 0 Å². The van der Waals surface area contributed by atoms with E-state index in [0.29, 0.717) is 5.92 Å². The molecule has 0 aromatic carbocycles. The van der Waals surface area contributed by atoms with E-state index in [4.69, 9.17) is 5.73 Å². The number of amides is 1. The van der Waals surface area contributed by atoms with E-state index in [1.807, 2.05) is 0 Å². The molecule has 3 nitrogen and oxygen atoms in total. The molecule has 0 saturated heterocycles. The zero-order chi connectivity index (χ0) is 11.8. The number of hydrogen-bond donors (Lipinski definition) is 2. The Kier molecular flexibility index (Phi) is 7.39. The van der Waals surface area contributed by atoms with Crippen molar-refractivity contribution < 1.29 is 4.79 Å². The van der Waals surface area contributed by atoms with E-state index >= 15 is 0 Å². The fraction of sp³-hybridized carbons (Fsp3) is 0.917. The van der Waals surface area contributed by atoms with Crippen LogP contribution in [0.3, 0.4) is 0 Å². The second-order valence-electron chi connectivity index (χ2n) is 4.52. The first-order valence-corrected chi connectivity index (χ1v) is 6.08. The van der Waals surface area contributed by atoms with Crippen LogP contribution in [0.25, 0.3) is 0 Å². The highest BCUT2D eigenvalue weighted by Crippen LogP contribution is 2.06. The lowest BCUT2D eigenvalue weighted by Crippen LogP contribution is -2.46. The highest BCUT2D eigenvalue weighted by Gasteiger charge is 2.18. The average molecular weight is 214 g/mol. The lowest BCUT2D eigenvalue weighted by Gasteiger charge is -2.22. The highest BCUT2D eigenvalue weighted by atomic mass is 16.2. The third-order valence-electron chi connectivity index (χ3n) is 2.78. The lowest BCUT2D eigenvalue weighted by molar-refractivity contribution is -0.123. The minimum atomic E-state index is -0.335. The van der Waals surface area contributed by atoms with Crippen molar-refractivity contribution in [3.05, 3.63) is 0 Å². The van der Waals surface area contributed by atoms with Gasteiger partial charge in [0.25, 0.3) is 0 Å². The predicted molar refractivity (Wildman–Crippen MR) is 64.6 cm³/mol. The van der Waals surface area contributed by atoms with Crippen LogP contribution >= 0.6 is 0 Å². The summed E-state index contributed by atoms with van der Waals surface area (Å²) in [7, 11) is 0. The molecule has 2 atom stereocenters. The standard InChI is InChI=1S/C12H26N2O/c1-5-7-8-10(13)12(15)14-11(6-2)9(3)4/h9-11H,5-8,13H2,1-4H3,(H,14,15). The molecule has 0 radical (unpaired) electrons. The normalized spacial score (nSPS) is 15.1. The van der Waals surface area contributed by atoms with E-state index in [9.17, 15) is 4.79 Å². The van der Waals surface area contributed by atoms with Crippen molar-refractivity contribution in [2.75, 3.05) is 0 Å². The van der Waals surface area contributed by atoms with Crippen LogP contribution in [-0.4, -0.2) is 18.0 Å². The van der Waals surface area contributed by atoms with Gasteiger partial charge < -0.3 is 11.1 Å². The van der Waals surface area contributed by atoms with Crippen LogP contribution in [0, 0.1) is 5.92 Å². The number of carbonyl (C=O) groups is 1. The van der Waals surface area contributed by atoms with E-state index in [2.05, 4.69) is 33.0 Å². The Bertz CT molecular complexity index is 180. The molecule has 0 aromatic heterocycles. The van der Waals surface area contributed by atoms with E-state index in [-0.39, 0.29) is 18.0 Å². The van der Waals surface area contributed by atoms with Gasteiger partial charge in [-0.05, 0) is 18.8 Å². The summed E-state index contributed by atoms with van der Waals surface area (Å²) in [5.74, 6) is 0.473. The fourth-order valence-electron chi connectivity index (χ4n) is 1.59. The zero-order valence-electron chi connectivity index (χ0n) is 10.5. The van der Waals surface area contributed by atoms with Crippen molar-refractivity contribution >= 4 is 5.91 Å². The molecule has 0 spiro atoms. The average Bonchev–Trinajstić information content (AvgIpc) is 2.21. The first-order valence-electron chi connectivity index (χ1n) is 6.08. The molecular weight excluding hydrogens is 188 g/mol. The van der Waals surface area contributed by atoms with Gasteiger partial charge in [0.15, 0.2) is 0 Å². The predicted octanol–water partition coefficient (Wildman–Crippen LogP) is 2.05. The molecule has 0 bridgehead atoms. The summed E-state index contributed by atoms with van der Waals surface area (Å²) in [4.78, 5) is 11.7. The molecule has 3 N–H and O–H groups in total. The Morgan fingerprint density at radius 2 is 1.93 bits per heavy atom. The van der Waals surface area contributed by atoms with Gasteiger partial charge in [0.1, 0.15) is 0 Å². The number of nitrogens with one attached hydrogen (secondary N) is 1. The van der Waals surface area contributed by atoms with E-state index in [1.54, 1.807) is 0 Å². The van der Waals surface area contributed by atoms with Crippen molar-refractivity contribution in [2.24, 2.45) is 11.7 Å². The summed E-state index contributed by atoms with van der Waals surface area (Å²) in [6.07, 6.45) is 3.86. The Morgan fingerprint density at radius 1 is 1.33 bits per heavy atom. The van der Waals surface area contributed by atoms with E-state index in [0.717, 1.165) is 25.7 Å². The molecule has 90 valence electrons. The van der Waals surface area contributed by atoms with Gasteiger partial charge >= 0.3 is 0 Å². The molecule has 0 fully saturated rings. The third kappa shape index (κ3) is 5.78. The molecule has 1 amide bonds. The molecule has 0 saturated carbocycles. The summed E-state index contributed by atoms with van der Waals surface area (Å²) in [6.45, 7) is 8.42. The Labute approximate surface area is 93.8 Å². The molecule has 15 heavy (non-hydrogen) atoms. The Morgan fingerprint density at radius 3 is 2.33 bits per heavy atom. The first-order chi connectivity index (χ1) is 7.02. The first kappa shape index (κ1) is 14.4. The number of rotatable bonds is 7. The minimum absolute atomic E-state index is 0.00370. The number of carbonyl (C=O) groups excluding carboxylic acids is 1. The lowest BCUT2D eigenvalue weighted by atomic mass is 10.0. The quantitative estimate of drug-likeness (QED) is 0.681. The summed E-state index contributed by atoms with van der Waals surface area (Å²) in [5.41, 5.74) is 5.79. The number of hydrogen-bond acceptors (Lipinski definition) is 2. The second kappa shape index (κ2) is 7.69. The van der Waals surface area contributed by atoms with Crippen LogP contribution in [-0.2, 0) is 4.79 Å². The molecule has 0 aromatic rings. The second-order valence-corrected chi connectivity index (χ2v) is 4.52. The van der Waals surface area contributed by atoms with Crippen molar-refractivity contribution in [2.45, 2.75) is 65.5 Å². The number of nitrogens with two attached hydrogens (primary N) is 1. The maximum absolute atomic E-state index is 11.7. The van der Waals surface area contributed by atoms with Crippen LogP contribution < -0.4 is 11.1 Å². The molecule has 0 aliphatic heterocycles. The van der Waals surface area contributed by atoms with Crippen LogP contribution in [0.15, 0.2) is 0 Å². The molecular formula is C12H26N2O. The molecule has 0 heterocycles. The van der Waals surface area contributed by atoms with Gasteiger partial charge in [-0.3, -0.25) is 4.79 Å². The van der Waals surface area contributed by atoms with Gasteiger partial charge in [-0.25, -0.2) is 0 Å². The molecule has 0 aliphatic carbocycles. The van der Waals surface area contributed by atoms with Crippen LogP contribution in [0.5, 0.6) is 0 Å². The van der Waals surface area contributed by atoms with Crippen LogP contribution in [0.1, 0.15) is 53.4 Å². The van der Waals surface area contributed by atoms with Crippen molar-refractivity contribution in [1.82, 2.24) is 5.32 Å². The van der Waals surface area contributed by atoms with E-state index < -0.39 is 0 Å². The van der Waals surface area contributed by atoms with Crippen LogP contribution in [0.2, 0.25) is 0 Å². The van der Waals surface area contributed by atoms with Crippen molar-refractivity contribution in [3.63, 3.8) is 0 Å². The summed E-state index contributed by atoms with van der Waals surface area (Å²) in [5, 5.41) is 3.01. The monoisotopic (exact) mass is 214 g/mol. The number of unbranched alkanes of at least 4 members (excludes halogenated alkanes) is 1. The van der Waals surface area contributed by atoms with Gasteiger partial charge in [-0.2, -0.15) is 0 Å². The highest BCUT2D eigenvalue weighted by molar-refractivity contribution is 5.81. The molecule has 3 heteroatoms. The summed E-state index contributed by atoms with van der Waals surface area (Å²) < 4.78 is 0. The maximum atomic E-state index is 11.7. The molecule has 0 aliphatic rings. The minimum Gasteiger partial charge on any atom is -0.352 e. The molecule has 2 unspecified atom stereocenters. The fourth-order valence-corrected chi connectivity index (χ4v) is 1.59. The Balaban J connectivity index is 3.98. The van der Waals surface area contributed by atoms with Gasteiger partial charge in [0.05, 0.1) is 6.04 Å². The van der Waals surface area contributed by atoms with Crippen molar-refractivity contribution in [3.8, 4) is 0 Å². The SMILES string of the molecule is CCCCC(N)C(=O)NC(CC)C(C)C. The Hall–Kier alpha value is -0.570. The summed E-state index contributed by atoms with van der Waals surface area (Å²) in [6, 6.07) is -0.0806. The smallest absolute Gasteiger partial charge is 0.237 e. The van der Waals surface area contributed by atoms with Gasteiger partial charge in [-0.1, -0.05) is 40.5 Å². The van der Waals surface area contributed by atoms with Crippen LogP contribution in [0.4, 0.5) is 0 Å². The summed E-state index contributed by atoms with van der Waals surface area (Å²) >= 11 is 0. The van der Waals surface area contributed by atoms with Crippen molar-refractivity contribution in [1.29, 1.82) is 0 Å². The topological polar surface area (TPSA) is 55.1 Å². The maximum Gasteiger partial charge on any atom is 0.237 e. The van der Waals surface area contributed by atoms with Gasteiger partial charge in [0.2, 0.25) is 5.91 Å².